The Kier molecular flexibility index (Phi) is 4.94. The highest BCUT2D eigenvalue weighted by Crippen LogP contribution is 2.24. The summed E-state index contributed by atoms with van der Waals surface area (Å²) in [5.74, 6) is -0.911. The average Bonchev–Trinajstić information content (AvgIpc) is 2.94. The summed E-state index contributed by atoms with van der Waals surface area (Å²) < 4.78 is 47.9. The Morgan fingerprint density at radius 3 is 2.80 bits per heavy atom. The maximum absolute atomic E-state index is 13.9. The molecule has 2 aromatic carbocycles. The third-order valence-electron chi connectivity index (χ3n) is 3.59. The van der Waals surface area contributed by atoms with Gasteiger partial charge in [0.05, 0.1) is 30.6 Å². The summed E-state index contributed by atoms with van der Waals surface area (Å²) in [6.07, 6.45) is 1.68. The minimum Gasteiger partial charge on any atom is -0.383 e. The molecular weight excluding hydrogens is 369 g/mol. The van der Waals surface area contributed by atoms with Crippen LogP contribution in [0.3, 0.4) is 0 Å². The predicted molar refractivity (Wildman–Crippen MR) is 93.8 cm³/mol. The molecule has 0 saturated carbocycles. The molecule has 132 valence electrons. The molecular formula is C16H15ClFN3O3S. The van der Waals surface area contributed by atoms with Crippen LogP contribution in [-0.2, 0) is 21.3 Å². The van der Waals surface area contributed by atoms with Crippen molar-refractivity contribution in [3.05, 3.63) is 53.4 Å². The van der Waals surface area contributed by atoms with E-state index in [0.717, 1.165) is 23.0 Å². The number of nitrogens with one attached hydrogen (secondary N) is 1. The van der Waals surface area contributed by atoms with Gasteiger partial charge in [-0.15, -0.1) is 0 Å². The van der Waals surface area contributed by atoms with Gasteiger partial charge >= 0.3 is 0 Å². The fourth-order valence-corrected chi connectivity index (χ4v) is 3.66. The van der Waals surface area contributed by atoms with E-state index < -0.39 is 20.7 Å². The lowest BCUT2D eigenvalue weighted by Gasteiger charge is -2.10. The van der Waals surface area contributed by atoms with Gasteiger partial charge in [0, 0.05) is 17.5 Å². The Hall–Kier alpha value is -2.16. The number of sulfonamides is 1. The molecule has 0 radical (unpaired) electrons. The van der Waals surface area contributed by atoms with E-state index in [1.165, 1.54) is 6.07 Å². The summed E-state index contributed by atoms with van der Waals surface area (Å²) >= 11 is 5.66. The van der Waals surface area contributed by atoms with E-state index in [1.807, 2.05) is 0 Å². The number of nitrogens with zero attached hydrogens (tertiary/aromatic N) is 2. The van der Waals surface area contributed by atoms with Crippen molar-refractivity contribution in [2.75, 3.05) is 18.4 Å². The molecule has 0 aliphatic carbocycles. The quantitative estimate of drug-likeness (QED) is 0.709. The molecule has 0 amide bonds. The SMILES string of the molecule is COCCn1ncc2ccc(NS(=O)(=O)c3ccc(Cl)cc3F)cc21. The predicted octanol–water partition coefficient (Wildman–Crippen LogP) is 3.28. The monoisotopic (exact) mass is 383 g/mol. The van der Waals surface area contributed by atoms with Crippen molar-refractivity contribution in [2.24, 2.45) is 0 Å². The molecule has 0 aliphatic heterocycles. The van der Waals surface area contributed by atoms with Crippen molar-refractivity contribution >= 4 is 38.2 Å². The van der Waals surface area contributed by atoms with E-state index in [4.69, 9.17) is 16.3 Å². The lowest BCUT2D eigenvalue weighted by atomic mass is 10.2. The molecule has 25 heavy (non-hydrogen) atoms. The second-order valence-corrected chi connectivity index (χ2v) is 7.40. The molecule has 0 unspecified atom stereocenters. The van der Waals surface area contributed by atoms with Crippen LogP contribution in [0.15, 0.2) is 47.5 Å². The van der Waals surface area contributed by atoms with Gasteiger partial charge in [0.15, 0.2) is 0 Å². The van der Waals surface area contributed by atoms with Gasteiger partial charge in [-0.25, -0.2) is 12.8 Å². The highest BCUT2D eigenvalue weighted by atomic mass is 35.5. The minimum absolute atomic E-state index is 0.125. The third kappa shape index (κ3) is 3.76. The summed E-state index contributed by atoms with van der Waals surface area (Å²) in [4.78, 5) is -0.468. The zero-order valence-corrected chi connectivity index (χ0v) is 14.8. The fourth-order valence-electron chi connectivity index (χ4n) is 2.39. The second-order valence-electron chi connectivity index (χ2n) is 5.31. The van der Waals surface area contributed by atoms with E-state index in [0.29, 0.717) is 18.8 Å². The molecule has 0 atom stereocenters. The summed E-state index contributed by atoms with van der Waals surface area (Å²) in [5, 5.41) is 5.22. The summed E-state index contributed by atoms with van der Waals surface area (Å²) in [6, 6.07) is 8.38. The van der Waals surface area contributed by atoms with Crippen molar-refractivity contribution in [1.29, 1.82) is 0 Å². The number of hydrogen-bond donors (Lipinski definition) is 1. The Bertz CT molecular complexity index is 1020. The third-order valence-corrected chi connectivity index (χ3v) is 5.24. The van der Waals surface area contributed by atoms with Crippen molar-refractivity contribution in [2.45, 2.75) is 11.4 Å². The maximum atomic E-state index is 13.9. The van der Waals surface area contributed by atoms with Gasteiger partial charge in [0.1, 0.15) is 10.7 Å². The Balaban J connectivity index is 1.93. The van der Waals surface area contributed by atoms with Crippen LogP contribution in [0.4, 0.5) is 10.1 Å². The van der Waals surface area contributed by atoms with Gasteiger partial charge < -0.3 is 4.74 Å². The average molecular weight is 384 g/mol. The summed E-state index contributed by atoms with van der Waals surface area (Å²) in [7, 11) is -2.49. The van der Waals surface area contributed by atoms with Crippen molar-refractivity contribution < 1.29 is 17.5 Å². The van der Waals surface area contributed by atoms with Crippen LogP contribution in [0.5, 0.6) is 0 Å². The highest BCUT2D eigenvalue weighted by Gasteiger charge is 2.19. The van der Waals surface area contributed by atoms with E-state index in [9.17, 15) is 12.8 Å². The summed E-state index contributed by atoms with van der Waals surface area (Å²) in [5.41, 5.74) is 1.05. The molecule has 1 aromatic heterocycles. The number of methoxy groups -OCH3 is 1. The van der Waals surface area contributed by atoms with E-state index >= 15 is 0 Å². The van der Waals surface area contributed by atoms with Gasteiger partial charge in [0.2, 0.25) is 0 Å². The maximum Gasteiger partial charge on any atom is 0.264 e. The van der Waals surface area contributed by atoms with Crippen LogP contribution < -0.4 is 4.72 Å². The van der Waals surface area contributed by atoms with Crippen LogP contribution in [0, 0.1) is 5.82 Å². The highest BCUT2D eigenvalue weighted by molar-refractivity contribution is 7.92. The number of fused-ring (bicyclic) bond motifs is 1. The van der Waals surface area contributed by atoms with Crippen molar-refractivity contribution in [3.8, 4) is 0 Å². The van der Waals surface area contributed by atoms with E-state index in [1.54, 1.807) is 36.2 Å². The lowest BCUT2D eigenvalue weighted by molar-refractivity contribution is 0.185. The van der Waals surface area contributed by atoms with Gasteiger partial charge in [-0.05, 0) is 36.4 Å². The lowest BCUT2D eigenvalue weighted by Crippen LogP contribution is -2.14. The van der Waals surface area contributed by atoms with Crippen LogP contribution >= 0.6 is 11.6 Å². The molecule has 0 spiro atoms. The standard InChI is InChI=1S/C16H15ClFN3O3S/c1-24-7-6-21-15-9-13(4-2-11(15)10-19-21)20-25(22,23)16-5-3-12(17)8-14(16)18/h2-5,8-10,20H,6-7H2,1H3. The van der Waals surface area contributed by atoms with Crippen LogP contribution in [0.25, 0.3) is 10.9 Å². The zero-order chi connectivity index (χ0) is 18.0. The van der Waals surface area contributed by atoms with Gasteiger partial charge in [-0.2, -0.15) is 5.10 Å². The number of anilines is 1. The van der Waals surface area contributed by atoms with Crippen LogP contribution in [0.1, 0.15) is 0 Å². The topological polar surface area (TPSA) is 73.2 Å². The van der Waals surface area contributed by atoms with Crippen molar-refractivity contribution in [3.63, 3.8) is 0 Å². The molecule has 0 fully saturated rings. The Morgan fingerprint density at radius 1 is 1.28 bits per heavy atom. The zero-order valence-electron chi connectivity index (χ0n) is 13.2. The van der Waals surface area contributed by atoms with Gasteiger partial charge in [0.25, 0.3) is 10.0 Å². The Labute approximate surface area is 149 Å². The molecule has 1 heterocycles. The number of aromatic nitrogens is 2. The van der Waals surface area contributed by atoms with E-state index in [2.05, 4.69) is 9.82 Å². The molecule has 1 N–H and O–H groups in total. The first-order chi connectivity index (χ1) is 11.9. The van der Waals surface area contributed by atoms with Crippen LogP contribution in [-0.4, -0.2) is 31.9 Å². The molecule has 0 saturated heterocycles. The van der Waals surface area contributed by atoms with Gasteiger partial charge in [-0.3, -0.25) is 9.40 Å². The Morgan fingerprint density at radius 2 is 2.08 bits per heavy atom. The van der Waals surface area contributed by atoms with Crippen molar-refractivity contribution in [1.82, 2.24) is 9.78 Å². The number of halogens is 2. The summed E-state index contributed by atoms with van der Waals surface area (Å²) in [6.45, 7) is 1.00. The molecule has 6 nitrogen and oxygen atoms in total. The normalized spacial score (nSPS) is 11.8. The molecule has 3 rings (SSSR count). The number of benzene rings is 2. The number of rotatable bonds is 6. The number of ether oxygens (including phenoxy) is 1. The smallest absolute Gasteiger partial charge is 0.264 e. The molecule has 0 aliphatic rings. The fraction of sp³-hybridized carbons (Fsp3) is 0.188. The second kappa shape index (κ2) is 6.99. The van der Waals surface area contributed by atoms with Gasteiger partial charge in [-0.1, -0.05) is 11.6 Å². The molecule has 3 aromatic rings. The first-order valence-corrected chi connectivity index (χ1v) is 9.19. The first kappa shape index (κ1) is 17.7. The minimum atomic E-state index is -4.08. The molecule has 9 heteroatoms. The molecule has 0 bridgehead atoms. The number of hydrogen-bond acceptors (Lipinski definition) is 4. The van der Waals surface area contributed by atoms with E-state index in [-0.39, 0.29) is 5.02 Å². The largest absolute Gasteiger partial charge is 0.383 e. The first-order valence-electron chi connectivity index (χ1n) is 7.33. The van der Waals surface area contributed by atoms with Crippen LogP contribution in [0.2, 0.25) is 5.02 Å².